The molecule has 1 unspecified atom stereocenters. The standard InChI is InChI=1S/C6H12O4.3C2H6O2/c7-4-5(8)2-1-3-6(9)10;3*3-1-2-4/h5,7-8H,1-4H2,(H,9,10);3*3-4H,1-2H2. The third-order valence-corrected chi connectivity index (χ3v) is 1.44. The molecule has 0 fully saturated rings. The molecule has 0 amide bonds. The molecule has 0 aromatic heterocycles. The minimum atomic E-state index is -0.870. The predicted molar refractivity (Wildman–Crippen MR) is 77.1 cm³/mol. The Morgan fingerprint density at radius 3 is 1.23 bits per heavy atom. The minimum absolute atomic E-state index is 0.0526. The first-order chi connectivity index (χ1) is 10.4. The summed E-state index contributed by atoms with van der Waals surface area (Å²) in [5.74, 6) is -0.870. The smallest absolute Gasteiger partial charge is 0.303 e. The van der Waals surface area contributed by atoms with E-state index in [0.29, 0.717) is 12.8 Å². The lowest BCUT2D eigenvalue weighted by Crippen LogP contribution is -2.11. The van der Waals surface area contributed by atoms with Gasteiger partial charge in [-0.15, -0.1) is 0 Å². The van der Waals surface area contributed by atoms with E-state index in [9.17, 15) is 4.79 Å². The number of carboxylic acids is 1. The molecule has 0 radical (unpaired) electrons. The first-order valence-electron chi connectivity index (χ1n) is 6.57. The van der Waals surface area contributed by atoms with Crippen molar-refractivity contribution in [2.45, 2.75) is 25.4 Å². The Balaban J connectivity index is -0.000000112. The van der Waals surface area contributed by atoms with Crippen LogP contribution in [0.5, 0.6) is 0 Å². The summed E-state index contributed by atoms with van der Waals surface area (Å²) >= 11 is 0. The third kappa shape index (κ3) is 61.2. The summed E-state index contributed by atoms with van der Waals surface area (Å²) in [6.45, 7) is -1.04. The Morgan fingerprint density at radius 2 is 1.05 bits per heavy atom. The number of hydrogen-bond donors (Lipinski definition) is 9. The number of hydrogen-bond acceptors (Lipinski definition) is 9. The molecule has 0 heterocycles. The zero-order valence-corrected chi connectivity index (χ0v) is 12.6. The molecule has 0 bridgehead atoms. The Bertz CT molecular complexity index is 164. The van der Waals surface area contributed by atoms with Crippen LogP contribution in [0.15, 0.2) is 0 Å². The van der Waals surface area contributed by atoms with E-state index in [1.165, 1.54) is 0 Å². The van der Waals surface area contributed by atoms with E-state index in [2.05, 4.69) is 0 Å². The van der Waals surface area contributed by atoms with Gasteiger partial charge in [-0.2, -0.15) is 0 Å². The molecule has 0 aromatic rings. The highest BCUT2D eigenvalue weighted by atomic mass is 16.4. The molecule has 1 atom stereocenters. The van der Waals surface area contributed by atoms with Gasteiger partial charge < -0.3 is 46.0 Å². The average Bonchev–Trinajstić information content (AvgIpc) is 2.54. The van der Waals surface area contributed by atoms with E-state index in [-0.39, 0.29) is 52.7 Å². The number of aliphatic hydroxyl groups is 8. The van der Waals surface area contributed by atoms with Crippen molar-refractivity contribution >= 4 is 5.97 Å². The van der Waals surface area contributed by atoms with Gasteiger partial charge in [-0.3, -0.25) is 4.79 Å². The van der Waals surface area contributed by atoms with Crippen molar-refractivity contribution in [2.24, 2.45) is 0 Å². The van der Waals surface area contributed by atoms with Gasteiger partial charge >= 0.3 is 5.97 Å². The van der Waals surface area contributed by atoms with Crippen molar-refractivity contribution in [1.29, 1.82) is 0 Å². The Kier molecular flexibility index (Phi) is 42.7. The molecule has 0 aliphatic heterocycles. The Hall–Kier alpha value is -0.850. The van der Waals surface area contributed by atoms with Crippen molar-refractivity contribution in [3.8, 4) is 0 Å². The van der Waals surface area contributed by atoms with Crippen LogP contribution < -0.4 is 0 Å². The monoisotopic (exact) mass is 334 g/mol. The van der Waals surface area contributed by atoms with E-state index in [1.54, 1.807) is 0 Å². The number of rotatable bonds is 8. The quantitative estimate of drug-likeness (QED) is 0.214. The average molecular weight is 334 g/mol. The Morgan fingerprint density at radius 1 is 0.727 bits per heavy atom. The van der Waals surface area contributed by atoms with Gasteiger partial charge in [0.05, 0.1) is 52.4 Å². The van der Waals surface area contributed by atoms with Gasteiger partial charge in [-0.25, -0.2) is 0 Å². The topological polar surface area (TPSA) is 199 Å². The maximum absolute atomic E-state index is 9.92. The highest BCUT2D eigenvalue weighted by Crippen LogP contribution is 1.99. The fourth-order valence-corrected chi connectivity index (χ4v) is 0.580. The summed E-state index contributed by atoms with van der Waals surface area (Å²) in [7, 11) is 0. The summed E-state index contributed by atoms with van der Waals surface area (Å²) in [4.78, 5) is 9.92. The van der Waals surface area contributed by atoms with Crippen LogP contribution >= 0.6 is 0 Å². The van der Waals surface area contributed by atoms with Gasteiger partial charge in [0.25, 0.3) is 0 Å². The number of carboxylic acid groups (broad SMARTS) is 1. The van der Waals surface area contributed by atoms with Gasteiger partial charge in [0.1, 0.15) is 0 Å². The number of aliphatic hydroxyl groups excluding tert-OH is 8. The van der Waals surface area contributed by atoms with Crippen LogP contribution in [0.3, 0.4) is 0 Å². The molecule has 22 heavy (non-hydrogen) atoms. The summed E-state index contributed by atoms with van der Waals surface area (Å²) < 4.78 is 0. The molecule has 9 N–H and O–H groups in total. The van der Waals surface area contributed by atoms with E-state index in [4.69, 9.17) is 46.0 Å². The third-order valence-electron chi connectivity index (χ3n) is 1.44. The minimum Gasteiger partial charge on any atom is -0.481 e. The largest absolute Gasteiger partial charge is 0.481 e. The second kappa shape index (κ2) is 32.2. The summed E-state index contributed by atoms with van der Waals surface area (Å²) in [6, 6.07) is 0. The van der Waals surface area contributed by atoms with Crippen molar-refractivity contribution in [2.75, 3.05) is 46.2 Å². The number of carbonyl (C=O) groups is 1. The summed E-state index contributed by atoms with van der Waals surface area (Å²) in [5.41, 5.74) is 0. The van der Waals surface area contributed by atoms with Crippen LogP contribution in [0, 0.1) is 0 Å². The highest BCUT2D eigenvalue weighted by molar-refractivity contribution is 5.66. The van der Waals surface area contributed by atoms with Crippen molar-refractivity contribution in [3.63, 3.8) is 0 Å². The van der Waals surface area contributed by atoms with Crippen molar-refractivity contribution in [1.82, 2.24) is 0 Å². The SMILES string of the molecule is O=C(O)CCCC(O)CO.OCCO.OCCO.OCCO. The lowest BCUT2D eigenvalue weighted by molar-refractivity contribution is -0.137. The predicted octanol–water partition coefficient (Wildman–Crippen LogP) is -3.49. The van der Waals surface area contributed by atoms with E-state index in [1.807, 2.05) is 0 Å². The van der Waals surface area contributed by atoms with Crippen LogP contribution in [0.1, 0.15) is 19.3 Å². The molecule has 10 heteroatoms. The van der Waals surface area contributed by atoms with Crippen LogP contribution in [0.25, 0.3) is 0 Å². The van der Waals surface area contributed by atoms with Gasteiger partial charge in [0, 0.05) is 6.42 Å². The highest BCUT2D eigenvalue weighted by Gasteiger charge is 2.02. The summed E-state index contributed by atoms with van der Waals surface area (Å²) in [6.07, 6.45) is 0.0519. The van der Waals surface area contributed by atoms with Crippen LogP contribution in [-0.4, -0.2) is 104 Å². The lowest BCUT2D eigenvalue weighted by Gasteiger charge is -2.03. The van der Waals surface area contributed by atoms with Crippen LogP contribution in [0.2, 0.25) is 0 Å². The van der Waals surface area contributed by atoms with E-state index >= 15 is 0 Å². The van der Waals surface area contributed by atoms with Gasteiger partial charge in [-0.1, -0.05) is 0 Å². The second-order valence-corrected chi connectivity index (χ2v) is 3.46. The molecule has 138 valence electrons. The van der Waals surface area contributed by atoms with Gasteiger partial charge in [0.15, 0.2) is 0 Å². The Labute approximate surface area is 129 Å². The van der Waals surface area contributed by atoms with Crippen molar-refractivity contribution in [3.05, 3.63) is 0 Å². The summed E-state index contributed by atoms with van der Waals surface area (Å²) in [5, 5.41) is 70.9. The van der Waals surface area contributed by atoms with Gasteiger partial charge in [-0.05, 0) is 12.8 Å². The zero-order chi connectivity index (χ0) is 18.2. The molecular weight excluding hydrogens is 304 g/mol. The fraction of sp³-hybridized carbons (Fsp3) is 0.917. The molecule has 0 aromatic carbocycles. The molecule has 0 aliphatic carbocycles. The van der Waals surface area contributed by atoms with Crippen LogP contribution in [0.4, 0.5) is 0 Å². The second-order valence-electron chi connectivity index (χ2n) is 3.46. The zero-order valence-electron chi connectivity index (χ0n) is 12.6. The first-order valence-corrected chi connectivity index (χ1v) is 6.57. The molecule has 0 aliphatic rings. The van der Waals surface area contributed by atoms with E-state index in [0.717, 1.165) is 0 Å². The molecule has 0 saturated heterocycles. The lowest BCUT2D eigenvalue weighted by atomic mass is 10.2. The van der Waals surface area contributed by atoms with Gasteiger partial charge in [0.2, 0.25) is 0 Å². The van der Waals surface area contributed by atoms with Crippen molar-refractivity contribution < 1.29 is 50.8 Å². The normalized spacial score (nSPS) is 10.0. The molecular formula is C12H30O10. The molecule has 0 saturated carbocycles. The maximum Gasteiger partial charge on any atom is 0.303 e. The van der Waals surface area contributed by atoms with Crippen LogP contribution in [-0.2, 0) is 4.79 Å². The number of aliphatic carboxylic acids is 1. The molecule has 10 nitrogen and oxygen atoms in total. The fourth-order valence-electron chi connectivity index (χ4n) is 0.580. The first kappa shape index (κ1) is 29.2. The molecule has 0 spiro atoms. The molecule has 0 rings (SSSR count). The maximum atomic E-state index is 9.92. The van der Waals surface area contributed by atoms with E-state index < -0.39 is 12.1 Å².